The molecule has 0 aromatic carbocycles. The van der Waals surface area contributed by atoms with Gasteiger partial charge in [0.2, 0.25) is 11.8 Å². The molecule has 1 aromatic rings. The number of amides is 2. The Balaban J connectivity index is 2.24. The van der Waals surface area contributed by atoms with Crippen LogP contribution in [0.1, 0.15) is 12.5 Å². The first-order chi connectivity index (χ1) is 10.4. The molecule has 0 aliphatic heterocycles. The maximum Gasteiger partial charge on any atom is 0.326 e. The summed E-state index contributed by atoms with van der Waals surface area (Å²) in [6.45, 7) is 1.08. The van der Waals surface area contributed by atoms with Gasteiger partial charge in [0.05, 0.1) is 0 Å². The normalized spacial score (nSPS) is 11.5. The van der Waals surface area contributed by atoms with E-state index in [9.17, 15) is 14.4 Å². The topological polar surface area (TPSA) is 109 Å². The Hall–Kier alpha value is -2.48. The van der Waals surface area contributed by atoms with Gasteiger partial charge in [0.15, 0.2) is 0 Å². The molecule has 1 aromatic heterocycles. The van der Waals surface area contributed by atoms with Gasteiger partial charge in [-0.15, -0.1) is 0 Å². The standard InChI is InChI=1S/C14H19N3O5/c1-10(14(20)21)17(2)13(19)9-22-8-12(18)16-7-11-4-3-5-15-6-11/h3-6,10H,7-9H2,1-2H3,(H,16,18)(H,20,21). The van der Waals surface area contributed by atoms with Crippen LogP contribution in [0.2, 0.25) is 0 Å². The smallest absolute Gasteiger partial charge is 0.326 e. The van der Waals surface area contributed by atoms with E-state index >= 15 is 0 Å². The van der Waals surface area contributed by atoms with E-state index in [0.29, 0.717) is 6.54 Å². The van der Waals surface area contributed by atoms with E-state index in [-0.39, 0.29) is 19.1 Å². The van der Waals surface area contributed by atoms with E-state index in [1.807, 2.05) is 6.07 Å². The maximum absolute atomic E-state index is 11.6. The van der Waals surface area contributed by atoms with Crippen molar-refractivity contribution in [1.29, 1.82) is 0 Å². The molecule has 2 N–H and O–H groups in total. The predicted molar refractivity (Wildman–Crippen MR) is 76.8 cm³/mol. The van der Waals surface area contributed by atoms with Gasteiger partial charge < -0.3 is 20.1 Å². The largest absolute Gasteiger partial charge is 0.480 e. The third-order valence-electron chi connectivity index (χ3n) is 3.00. The second-order valence-corrected chi connectivity index (χ2v) is 4.65. The molecule has 0 aliphatic carbocycles. The van der Waals surface area contributed by atoms with Crippen molar-refractivity contribution in [1.82, 2.24) is 15.2 Å². The van der Waals surface area contributed by atoms with E-state index in [1.54, 1.807) is 18.5 Å². The summed E-state index contributed by atoms with van der Waals surface area (Å²) in [7, 11) is 1.37. The molecule has 1 atom stereocenters. The first-order valence-corrected chi connectivity index (χ1v) is 6.63. The van der Waals surface area contributed by atoms with Crippen LogP contribution in [-0.4, -0.2) is 59.1 Å². The van der Waals surface area contributed by atoms with Crippen molar-refractivity contribution in [3.63, 3.8) is 0 Å². The van der Waals surface area contributed by atoms with E-state index in [4.69, 9.17) is 9.84 Å². The van der Waals surface area contributed by atoms with Crippen molar-refractivity contribution in [3.8, 4) is 0 Å². The van der Waals surface area contributed by atoms with Crippen LogP contribution in [0.25, 0.3) is 0 Å². The van der Waals surface area contributed by atoms with E-state index < -0.39 is 17.9 Å². The SMILES string of the molecule is CC(C(=O)O)N(C)C(=O)COCC(=O)NCc1cccnc1. The number of nitrogens with zero attached hydrogens (tertiary/aromatic N) is 2. The van der Waals surface area contributed by atoms with Crippen molar-refractivity contribution >= 4 is 17.8 Å². The Bertz CT molecular complexity index is 520. The number of hydrogen-bond donors (Lipinski definition) is 2. The number of pyridine rings is 1. The van der Waals surface area contributed by atoms with E-state index in [1.165, 1.54) is 14.0 Å². The number of carbonyl (C=O) groups excluding carboxylic acids is 2. The molecular formula is C14H19N3O5. The Morgan fingerprint density at radius 2 is 2.14 bits per heavy atom. The molecule has 8 nitrogen and oxygen atoms in total. The molecular weight excluding hydrogens is 290 g/mol. The van der Waals surface area contributed by atoms with Crippen LogP contribution in [-0.2, 0) is 25.7 Å². The van der Waals surface area contributed by atoms with Crippen LogP contribution >= 0.6 is 0 Å². The molecule has 8 heteroatoms. The van der Waals surface area contributed by atoms with Crippen LogP contribution in [0.5, 0.6) is 0 Å². The third kappa shape index (κ3) is 5.88. The van der Waals surface area contributed by atoms with Gasteiger partial charge in [-0.1, -0.05) is 6.07 Å². The summed E-state index contributed by atoms with van der Waals surface area (Å²) < 4.78 is 4.98. The fourth-order valence-corrected chi connectivity index (χ4v) is 1.47. The molecule has 120 valence electrons. The van der Waals surface area contributed by atoms with Crippen LogP contribution in [0, 0.1) is 0 Å². The number of aliphatic carboxylic acids is 1. The average molecular weight is 309 g/mol. The molecule has 0 saturated carbocycles. The molecule has 0 bridgehead atoms. The van der Waals surface area contributed by atoms with Gasteiger partial charge in [-0.25, -0.2) is 4.79 Å². The molecule has 0 spiro atoms. The van der Waals surface area contributed by atoms with Crippen molar-refractivity contribution in [2.75, 3.05) is 20.3 Å². The minimum Gasteiger partial charge on any atom is -0.480 e. The van der Waals surface area contributed by atoms with Crippen molar-refractivity contribution in [2.45, 2.75) is 19.5 Å². The first kappa shape index (κ1) is 17.6. The van der Waals surface area contributed by atoms with Gasteiger partial charge in [0.1, 0.15) is 19.3 Å². The zero-order valence-electron chi connectivity index (χ0n) is 12.5. The van der Waals surface area contributed by atoms with Gasteiger partial charge >= 0.3 is 5.97 Å². The fraction of sp³-hybridized carbons (Fsp3) is 0.429. The molecule has 1 heterocycles. The number of hydrogen-bond acceptors (Lipinski definition) is 5. The Morgan fingerprint density at radius 3 is 2.73 bits per heavy atom. The molecule has 2 amide bonds. The lowest BCUT2D eigenvalue weighted by molar-refractivity contribution is -0.150. The average Bonchev–Trinajstić information content (AvgIpc) is 2.52. The van der Waals surface area contributed by atoms with Crippen molar-refractivity contribution < 1.29 is 24.2 Å². The molecule has 0 aliphatic rings. The zero-order chi connectivity index (χ0) is 16.5. The maximum atomic E-state index is 11.6. The van der Waals surface area contributed by atoms with Crippen molar-refractivity contribution in [2.24, 2.45) is 0 Å². The van der Waals surface area contributed by atoms with Crippen LogP contribution in [0.15, 0.2) is 24.5 Å². The van der Waals surface area contributed by atoms with E-state index in [2.05, 4.69) is 10.3 Å². The highest BCUT2D eigenvalue weighted by atomic mass is 16.5. The molecule has 1 rings (SSSR count). The summed E-state index contributed by atoms with van der Waals surface area (Å²) >= 11 is 0. The van der Waals surface area contributed by atoms with Gasteiger partial charge in [-0.3, -0.25) is 14.6 Å². The molecule has 0 saturated heterocycles. The fourth-order valence-electron chi connectivity index (χ4n) is 1.47. The number of carboxylic acids is 1. The Labute approximate surface area is 128 Å². The second kappa shape index (κ2) is 8.73. The second-order valence-electron chi connectivity index (χ2n) is 4.65. The number of aromatic nitrogens is 1. The number of rotatable bonds is 8. The monoisotopic (exact) mass is 309 g/mol. The Kier molecular flexibility index (Phi) is 6.97. The summed E-state index contributed by atoms with van der Waals surface area (Å²) in [6, 6.07) is 2.63. The highest BCUT2D eigenvalue weighted by Crippen LogP contribution is 1.97. The van der Waals surface area contributed by atoms with Gasteiger partial charge in [-0.2, -0.15) is 0 Å². The van der Waals surface area contributed by atoms with Crippen LogP contribution in [0.3, 0.4) is 0 Å². The van der Waals surface area contributed by atoms with Gasteiger partial charge in [0.25, 0.3) is 0 Å². The summed E-state index contributed by atoms with van der Waals surface area (Å²) in [6.07, 6.45) is 3.27. The van der Waals surface area contributed by atoms with Crippen molar-refractivity contribution in [3.05, 3.63) is 30.1 Å². The number of carbonyl (C=O) groups is 3. The number of likely N-dealkylation sites (N-methyl/N-ethyl adjacent to an activating group) is 1. The minimum absolute atomic E-state index is 0.276. The third-order valence-corrected chi connectivity index (χ3v) is 3.00. The molecule has 22 heavy (non-hydrogen) atoms. The highest BCUT2D eigenvalue weighted by molar-refractivity contribution is 5.84. The summed E-state index contributed by atoms with van der Waals surface area (Å²) in [4.78, 5) is 38.9. The van der Waals surface area contributed by atoms with Crippen LogP contribution in [0.4, 0.5) is 0 Å². The molecule has 0 radical (unpaired) electrons. The summed E-state index contributed by atoms with van der Waals surface area (Å²) in [5, 5.41) is 11.4. The lowest BCUT2D eigenvalue weighted by Crippen LogP contribution is -2.42. The highest BCUT2D eigenvalue weighted by Gasteiger charge is 2.21. The van der Waals surface area contributed by atoms with Gasteiger partial charge in [-0.05, 0) is 18.6 Å². The number of carboxylic acid groups (broad SMARTS) is 1. The number of ether oxygens (including phenoxy) is 1. The van der Waals surface area contributed by atoms with Crippen LogP contribution < -0.4 is 5.32 Å². The lowest BCUT2D eigenvalue weighted by Gasteiger charge is -2.21. The van der Waals surface area contributed by atoms with E-state index in [0.717, 1.165) is 10.5 Å². The number of nitrogens with one attached hydrogen (secondary N) is 1. The summed E-state index contributed by atoms with van der Waals surface area (Å²) in [5.74, 6) is -1.98. The lowest BCUT2D eigenvalue weighted by atomic mass is 10.3. The Morgan fingerprint density at radius 1 is 1.41 bits per heavy atom. The minimum atomic E-state index is -1.11. The summed E-state index contributed by atoms with van der Waals surface area (Å²) in [5.41, 5.74) is 0.849. The van der Waals surface area contributed by atoms with Gasteiger partial charge in [0, 0.05) is 26.0 Å². The zero-order valence-corrected chi connectivity index (χ0v) is 12.5. The first-order valence-electron chi connectivity index (χ1n) is 6.63. The predicted octanol–water partition coefficient (Wildman–Crippen LogP) is -0.354. The molecule has 1 unspecified atom stereocenters. The quantitative estimate of drug-likeness (QED) is 0.679. The molecule has 0 fully saturated rings.